The van der Waals surface area contributed by atoms with Crippen LogP contribution in [0.5, 0.6) is 0 Å². The fraction of sp³-hybridized carbons (Fsp3) is 0.625. The summed E-state index contributed by atoms with van der Waals surface area (Å²) < 4.78 is 0.975. The predicted molar refractivity (Wildman–Crippen MR) is 49.6 cm³/mol. The molecule has 0 aliphatic carbocycles. The van der Waals surface area contributed by atoms with Gasteiger partial charge in [0.1, 0.15) is 10.4 Å². The number of unbranched alkanes of at least 4 members (excludes halogenated alkanes) is 1. The SMILES string of the molecule is CCCCc1[nH]c(C)nc1Br. The second kappa shape index (κ2) is 3.90. The molecule has 3 heteroatoms. The van der Waals surface area contributed by atoms with E-state index in [0.29, 0.717) is 0 Å². The molecule has 11 heavy (non-hydrogen) atoms. The summed E-state index contributed by atoms with van der Waals surface area (Å²) in [6.07, 6.45) is 3.54. The van der Waals surface area contributed by atoms with Crippen molar-refractivity contribution in [2.75, 3.05) is 0 Å². The molecule has 0 unspecified atom stereocenters. The van der Waals surface area contributed by atoms with Crippen molar-refractivity contribution in [3.63, 3.8) is 0 Å². The van der Waals surface area contributed by atoms with Gasteiger partial charge in [-0.25, -0.2) is 4.98 Å². The zero-order valence-electron chi connectivity index (χ0n) is 6.95. The Kier molecular flexibility index (Phi) is 3.12. The topological polar surface area (TPSA) is 28.7 Å². The van der Waals surface area contributed by atoms with Crippen LogP contribution in [0, 0.1) is 6.92 Å². The van der Waals surface area contributed by atoms with Gasteiger partial charge in [0.2, 0.25) is 0 Å². The Balaban J connectivity index is 2.62. The predicted octanol–water partition coefficient (Wildman–Crippen LogP) is 2.82. The molecule has 62 valence electrons. The number of aromatic nitrogens is 2. The minimum atomic E-state index is 0.975. The molecular formula is C8H13BrN2. The summed E-state index contributed by atoms with van der Waals surface area (Å²) in [5.41, 5.74) is 1.23. The number of hydrogen-bond acceptors (Lipinski definition) is 1. The van der Waals surface area contributed by atoms with Crippen LogP contribution in [-0.4, -0.2) is 9.97 Å². The lowest BCUT2D eigenvalue weighted by molar-refractivity contribution is 0.777. The van der Waals surface area contributed by atoms with Crippen LogP contribution < -0.4 is 0 Å². The average Bonchev–Trinajstić information content (AvgIpc) is 2.26. The maximum absolute atomic E-state index is 4.23. The van der Waals surface area contributed by atoms with Crippen molar-refractivity contribution in [3.05, 3.63) is 16.1 Å². The largest absolute Gasteiger partial charge is 0.345 e. The van der Waals surface area contributed by atoms with Crippen LogP contribution in [-0.2, 0) is 6.42 Å². The van der Waals surface area contributed by atoms with Crippen LogP contribution in [0.2, 0.25) is 0 Å². The number of H-pyrrole nitrogens is 1. The first-order chi connectivity index (χ1) is 5.24. The monoisotopic (exact) mass is 216 g/mol. The second-order valence-electron chi connectivity index (χ2n) is 2.70. The Bertz CT molecular complexity index is 230. The molecule has 0 amide bonds. The maximum atomic E-state index is 4.23. The van der Waals surface area contributed by atoms with Crippen LogP contribution in [0.1, 0.15) is 31.3 Å². The first-order valence-electron chi connectivity index (χ1n) is 3.95. The van der Waals surface area contributed by atoms with Crippen LogP contribution in [0.15, 0.2) is 4.60 Å². The molecule has 1 aromatic rings. The molecular weight excluding hydrogens is 204 g/mol. The minimum absolute atomic E-state index is 0.975. The zero-order valence-corrected chi connectivity index (χ0v) is 8.53. The molecule has 0 saturated heterocycles. The number of halogens is 1. The third-order valence-electron chi connectivity index (χ3n) is 1.63. The molecule has 2 nitrogen and oxygen atoms in total. The molecule has 0 fully saturated rings. The van der Waals surface area contributed by atoms with Gasteiger partial charge in [0.25, 0.3) is 0 Å². The number of imidazole rings is 1. The molecule has 1 heterocycles. The summed E-state index contributed by atoms with van der Waals surface area (Å²) in [4.78, 5) is 7.45. The van der Waals surface area contributed by atoms with E-state index in [0.717, 1.165) is 16.8 Å². The van der Waals surface area contributed by atoms with Gasteiger partial charge in [-0.05, 0) is 35.7 Å². The normalized spacial score (nSPS) is 10.5. The van der Waals surface area contributed by atoms with Crippen molar-refractivity contribution < 1.29 is 0 Å². The number of aryl methyl sites for hydroxylation is 2. The molecule has 1 aromatic heterocycles. The highest BCUT2D eigenvalue weighted by Gasteiger charge is 2.02. The summed E-state index contributed by atoms with van der Waals surface area (Å²) in [6.45, 7) is 4.16. The molecule has 0 aliphatic heterocycles. The summed E-state index contributed by atoms with van der Waals surface area (Å²) in [7, 11) is 0. The Hall–Kier alpha value is -0.310. The second-order valence-corrected chi connectivity index (χ2v) is 3.45. The lowest BCUT2D eigenvalue weighted by Crippen LogP contribution is -1.85. The maximum Gasteiger partial charge on any atom is 0.127 e. The van der Waals surface area contributed by atoms with E-state index in [1.807, 2.05) is 6.92 Å². The van der Waals surface area contributed by atoms with Gasteiger partial charge >= 0.3 is 0 Å². The van der Waals surface area contributed by atoms with E-state index in [4.69, 9.17) is 0 Å². The Morgan fingerprint density at radius 2 is 2.27 bits per heavy atom. The minimum Gasteiger partial charge on any atom is -0.345 e. The van der Waals surface area contributed by atoms with Gasteiger partial charge in [-0.1, -0.05) is 13.3 Å². The van der Waals surface area contributed by atoms with Crippen LogP contribution in [0.3, 0.4) is 0 Å². The molecule has 0 atom stereocenters. The number of nitrogens with one attached hydrogen (secondary N) is 1. The highest BCUT2D eigenvalue weighted by Crippen LogP contribution is 2.15. The van der Waals surface area contributed by atoms with Gasteiger partial charge in [0, 0.05) is 5.69 Å². The smallest absolute Gasteiger partial charge is 0.127 e. The molecule has 0 aliphatic rings. The van der Waals surface area contributed by atoms with Crippen molar-refractivity contribution in [3.8, 4) is 0 Å². The van der Waals surface area contributed by atoms with Crippen LogP contribution in [0.4, 0.5) is 0 Å². The lowest BCUT2D eigenvalue weighted by atomic mass is 10.2. The van der Waals surface area contributed by atoms with Crippen LogP contribution in [0.25, 0.3) is 0 Å². The van der Waals surface area contributed by atoms with E-state index in [-0.39, 0.29) is 0 Å². The fourth-order valence-electron chi connectivity index (χ4n) is 1.03. The molecule has 0 bridgehead atoms. The average molecular weight is 217 g/mol. The standard InChI is InChI=1S/C8H13BrN2/c1-3-4-5-7-8(9)11-6(2)10-7/h3-5H2,1-2H3,(H,10,11). The van der Waals surface area contributed by atoms with Gasteiger partial charge in [-0.3, -0.25) is 0 Å². The van der Waals surface area contributed by atoms with Crippen molar-refractivity contribution in [2.24, 2.45) is 0 Å². The number of nitrogens with zero attached hydrogens (tertiary/aromatic N) is 1. The van der Waals surface area contributed by atoms with E-state index in [1.54, 1.807) is 0 Å². The third kappa shape index (κ3) is 2.33. The van der Waals surface area contributed by atoms with Gasteiger partial charge in [-0.15, -0.1) is 0 Å². The summed E-state index contributed by atoms with van der Waals surface area (Å²) in [5, 5.41) is 0. The number of rotatable bonds is 3. The zero-order chi connectivity index (χ0) is 8.27. The molecule has 0 saturated carbocycles. The summed E-state index contributed by atoms with van der Waals surface area (Å²) in [6, 6.07) is 0. The number of aromatic amines is 1. The fourth-order valence-corrected chi connectivity index (χ4v) is 1.60. The van der Waals surface area contributed by atoms with Crippen molar-refractivity contribution in [1.82, 2.24) is 9.97 Å². The molecule has 1 rings (SSSR count). The van der Waals surface area contributed by atoms with Crippen molar-refractivity contribution in [2.45, 2.75) is 33.1 Å². The highest BCUT2D eigenvalue weighted by molar-refractivity contribution is 9.10. The first-order valence-corrected chi connectivity index (χ1v) is 4.74. The highest BCUT2D eigenvalue weighted by atomic mass is 79.9. The van der Waals surface area contributed by atoms with Gasteiger partial charge < -0.3 is 4.98 Å². The molecule has 0 radical (unpaired) electrons. The molecule has 1 N–H and O–H groups in total. The molecule has 0 spiro atoms. The van der Waals surface area contributed by atoms with E-state index in [2.05, 4.69) is 32.8 Å². The Morgan fingerprint density at radius 1 is 1.55 bits per heavy atom. The van der Waals surface area contributed by atoms with Crippen molar-refractivity contribution in [1.29, 1.82) is 0 Å². The summed E-state index contributed by atoms with van der Waals surface area (Å²) >= 11 is 3.40. The van der Waals surface area contributed by atoms with E-state index in [1.165, 1.54) is 18.5 Å². The van der Waals surface area contributed by atoms with E-state index >= 15 is 0 Å². The van der Waals surface area contributed by atoms with Crippen LogP contribution >= 0.6 is 15.9 Å². The third-order valence-corrected chi connectivity index (χ3v) is 2.28. The first kappa shape index (κ1) is 8.78. The van der Waals surface area contributed by atoms with Crippen molar-refractivity contribution >= 4 is 15.9 Å². The van der Waals surface area contributed by atoms with Gasteiger partial charge in [0.05, 0.1) is 0 Å². The lowest BCUT2D eigenvalue weighted by Gasteiger charge is -1.93. The number of hydrogen-bond donors (Lipinski definition) is 1. The quantitative estimate of drug-likeness (QED) is 0.828. The van der Waals surface area contributed by atoms with Gasteiger partial charge in [0.15, 0.2) is 0 Å². The van der Waals surface area contributed by atoms with Gasteiger partial charge in [-0.2, -0.15) is 0 Å². The van der Waals surface area contributed by atoms with E-state index < -0.39 is 0 Å². The summed E-state index contributed by atoms with van der Waals surface area (Å²) in [5.74, 6) is 0.989. The molecule has 0 aromatic carbocycles. The van der Waals surface area contributed by atoms with E-state index in [9.17, 15) is 0 Å². The Labute approximate surface area is 75.6 Å². The Morgan fingerprint density at radius 3 is 2.73 bits per heavy atom.